The predicted octanol–water partition coefficient (Wildman–Crippen LogP) is 0.00848. The van der Waals surface area contributed by atoms with Crippen molar-refractivity contribution in [2.24, 2.45) is 0 Å². The number of hydrogen-bond donors (Lipinski definition) is 2. The fourth-order valence-electron chi connectivity index (χ4n) is 2.02. The summed E-state index contributed by atoms with van der Waals surface area (Å²) in [5.74, 6) is 0.0257. The molecule has 1 saturated heterocycles. The lowest BCUT2D eigenvalue weighted by Gasteiger charge is -2.26. The zero-order chi connectivity index (χ0) is 13.9. The number of hydrogen-bond acceptors (Lipinski definition) is 4. The molecule has 2 N–H and O–H groups in total. The highest BCUT2D eigenvalue weighted by atomic mass is 16.2. The van der Waals surface area contributed by atoms with E-state index in [1.54, 1.807) is 0 Å². The van der Waals surface area contributed by atoms with Crippen LogP contribution in [0.3, 0.4) is 0 Å². The molecule has 0 atom stereocenters. The Morgan fingerprint density at radius 3 is 2.58 bits per heavy atom. The van der Waals surface area contributed by atoms with Crippen LogP contribution in [0.25, 0.3) is 0 Å². The van der Waals surface area contributed by atoms with Crippen LogP contribution in [0.1, 0.15) is 32.1 Å². The quantitative estimate of drug-likeness (QED) is 0.636. The Hall–Kier alpha value is -1.61. The first-order valence-corrected chi connectivity index (χ1v) is 6.86. The lowest BCUT2D eigenvalue weighted by Crippen LogP contribution is -2.39. The maximum Gasteiger partial charge on any atom is 0.233 e. The summed E-state index contributed by atoms with van der Waals surface area (Å²) in [5, 5.41) is 13.9. The van der Waals surface area contributed by atoms with Crippen LogP contribution in [-0.2, 0) is 9.59 Å². The van der Waals surface area contributed by atoms with E-state index in [-0.39, 0.29) is 18.4 Å². The molecule has 0 saturated carbocycles. The van der Waals surface area contributed by atoms with Gasteiger partial charge in [0.1, 0.15) is 0 Å². The summed E-state index contributed by atoms with van der Waals surface area (Å²) in [6.07, 6.45) is 4.16. The average Bonchev–Trinajstić information content (AvgIpc) is 2.44. The van der Waals surface area contributed by atoms with Crippen molar-refractivity contribution in [1.82, 2.24) is 15.5 Å². The summed E-state index contributed by atoms with van der Waals surface area (Å²) >= 11 is 0. The maximum atomic E-state index is 11.8. The van der Waals surface area contributed by atoms with Crippen LogP contribution in [0, 0.1) is 11.3 Å². The van der Waals surface area contributed by atoms with E-state index in [4.69, 9.17) is 5.26 Å². The number of likely N-dealkylation sites (tertiary alicyclic amines) is 1. The minimum absolute atomic E-state index is 0.138. The van der Waals surface area contributed by atoms with Crippen LogP contribution in [0.15, 0.2) is 0 Å². The third-order valence-corrected chi connectivity index (χ3v) is 3.07. The van der Waals surface area contributed by atoms with E-state index in [0.29, 0.717) is 25.9 Å². The van der Waals surface area contributed by atoms with Crippen molar-refractivity contribution in [2.45, 2.75) is 32.1 Å². The first kappa shape index (κ1) is 15.4. The van der Waals surface area contributed by atoms with Crippen LogP contribution in [0.4, 0.5) is 0 Å². The van der Waals surface area contributed by atoms with E-state index in [1.807, 2.05) is 11.0 Å². The Morgan fingerprint density at radius 2 is 1.89 bits per heavy atom. The molecule has 1 aliphatic heterocycles. The fourth-order valence-corrected chi connectivity index (χ4v) is 2.02. The van der Waals surface area contributed by atoms with Crippen LogP contribution in [0.2, 0.25) is 0 Å². The Balaban J connectivity index is 2.02. The highest BCUT2D eigenvalue weighted by molar-refractivity contribution is 5.78. The van der Waals surface area contributed by atoms with Gasteiger partial charge in [0.15, 0.2) is 0 Å². The van der Waals surface area contributed by atoms with E-state index in [9.17, 15) is 9.59 Å². The second-order valence-corrected chi connectivity index (χ2v) is 4.63. The lowest BCUT2D eigenvalue weighted by atomic mass is 10.1. The molecule has 1 heterocycles. The molecule has 0 aromatic heterocycles. The summed E-state index contributed by atoms with van der Waals surface area (Å²) in [5.41, 5.74) is 0. The van der Waals surface area contributed by atoms with Gasteiger partial charge in [-0.25, -0.2) is 0 Å². The number of piperidine rings is 1. The topological polar surface area (TPSA) is 85.2 Å². The number of nitrogens with one attached hydrogen (secondary N) is 2. The molecule has 6 heteroatoms. The van der Waals surface area contributed by atoms with Gasteiger partial charge in [0.05, 0.1) is 19.0 Å². The zero-order valence-corrected chi connectivity index (χ0v) is 11.3. The van der Waals surface area contributed by atoms with Crippen molar-refractivity contribution in [2.75, 3.05) is 32.7 Å². The molecule has 6 nitrogen and oxygen atoms in total. The van der Waals surface area contributed by atoms with E-state index < -0.39 is 0 Å². The molecule has 0 bridgehead atoms. The summed E-state index contributed by atoms with van der Waals surface area (Å²) < 4.78 is 0. The molecule has 0 aromatic carbocycles. The van der Waals surface area contributed by atoms with Gasteiger partial charge >= 0.3 is 0 Å². The molecule has 1 rings (SSSR count). The van der Waals surface area contributed by atoms with E-state index in [0.717, 1.165) is 25.9 Å². The van der Waals surface area contributed by atoms with E-state index >= 15 is 0 Å². The fraction of sp³-hybridized carbons (Fsp3) is 0.769. The minimum Gasteiger partial charge on any atom is -0.354 e. The largest absolute Gasteiger partial charge is 0.354 e. The van der Waals surface area contributed by atoms with Gasteiger partial charge in [0.2, 0.25) is 11.8 Å². The first-order valence-electron chi connectivity index (χ1n) is 6.86. The Bertz CT molecular complexity index is 332. The molecule has 0 spiro atoms. The highest BCUT2D eigenvalue weighted by Gasteiger charge is 2.15. The molecular weight excluding hydrogens is 244 g/mol. The normalized spacial score (nSPS) is 14.8. The van der Waals surface area contributed by atoms with Gasteiger partial charge in [-0.2, -0.15) is 5.26 Å². The van der Waals surface area contributed by atoms with Gasteiger partial charge in [-0.3, -0.25) is 9.59 Å². The lowest BCUT2D eigenvalue weighted by molar-refractivity contribution is -0.132. The molecule has 19 heavy (non-hydrogen) atoms. The van der Waals surface area contributed by atoms with Gasteiger partial charge in [-0.15, -0.1) is 0 Å². The number of carbonyl (C=O) groups excluding carboxylic acids is 2. The van der Waals surface area contributed by atoms with Crippen molar-refractivity contribution in [3.05, 3.63) is 0 Å². The zero-order valence-electron chi connectivity index (χ0n) is 11.3. The van der Waals surface area contributed by atoms with Crippen LogP contribution in [-0.4, -0.2) is 49.4 Å². The maximum absolute atomic E-state index is 11.8. The van der Waals surface area contributed by atoms with Gasteiger partial charge < -0.3 is 15.5 Å². The van der Waals surface area contributed by atoms with Gasteiger partial charge in [0.25, 0.3) is 0 Å². The van der Waals surface area contributed by atoms with Crippen molar-refractivity contribution in [3.63, 3.8) is 0 Å². The van der Waals surface area contributed by atoms with Gasteiger partial charge in [0, 0.05) is 32.6 Å². The van der Waals surface area contributed by atoms with Crippen molar-refractivity contribution in [1.29, 1.82) is 5.26 Å². The Morgan fingerprint density at radius 1 is 1.16 bits per heavy atom. The first-order chi connectivity index (χ1) is 9.24. The number of rotatable bonds is 7. The average molecular weight is 266 g/mol. The summed E-state index contributed by atoms with van der Waals surface area (Å²) in [7, 11) is 0. The van der Waals surface area contributed by atoms with E-state index in [1.165, 1.54) is 6.42 Å². The second kappa shape index (κ2) is 9.34. The minimum atomic E-state index is -0.138. The number of amides is 2. The molecule has 0 radical (unpaired) electrons. The van der Waals surface area contributed by atoms with Crippen LogP contribution in [0.5, 0.6) is 0 Å². The molecule has 0 unspecified atom stereocenters. The molecule has 0 aromatic rings. The van der Waals surface area contributed by atoms with E-state index in [2.05, 4.69) is 10.6 Å². The number of carbonyl (C=O) groups is 2. The SMILES string of the molecule is N#CCCNC(=O)CNCCC(=O)N1CCCCC1. The predicted molar refractivity (Wildman–Crippen MR) is 71.2 cm³/mol. The van der Waals surface area contributed by atoms with Crippen molar-refractivity contribution < 1.29 is 9.59 Å². The van der Waals surface area contributed by atoms with Gasteiger partial charge in [-0.05, 0) is 19.3 Å². The van der Waals surface area contributed by atoms with Crippen molar-refractivity contribution >= 4 is 11.8 Å². The summed E-state index contributed by atoms with van der Waals surface area (Å²) in [6.45, 7) is 2.82. The number of nitriles is 1. The molecular formula is C13H22N4O2. The third kappa shape index (κ3) is 6.77. The summed E-state index contributed by atoms with van der Waals surface area (Å²) in [4.78, 5) is 25.0. The molecule has 0 aliphatic carbocycles. The smallest absolute Gasteiger partial charge is 0.233 e. The number of nitrogens with zero attached hydrogens (tertiary/aromatic N) is 2. The second-order valence-electron chi connectivity index (χ2n) is 4.63. The molecule has 1 aliphatic rings. The standard InChI is InChI=1S/C13H22N4O2/c14-6-4-7-16-12(18)11-15-8-5-13(19)17-9-2-1-3-10-17/h15H,1-5,7-11H2,(H,16,18). The van der Waals surface area contributed by atoms with Crippen molar-refractivity contribution in [3.8, 4) is 6.07 Å². The monoisotopic (exact) mass is 266 g/mol. The van der Waals surface area contributed by atoms with Crippen LogP contribution < -0.4 is 10.6 Å². The third-order valence-electron chi connectivity index (χ3n) is 3.07. The Kier molecular flexibility index (Phi) is 7.59. The molecule has 1 fully saturated rings. The van der Waals surface area contributed by atoms with Gasteiger partial charge in [-0.1, -0.05) is 0 Å². The van der Waals surface area contributed by atoms with Crippen LogP contribution >= 0.6 is 0 Å². The summed E-state index contributed by atoms with van der Waals surface area (Å²) in [6, 6.07) is 1.96. The molecule has 2 amide bonds. The molecule has 106 valence electrons. The Labute approximate surface area is 114 Å². The highest BCUT2D eigenvalue weighted by Crippen LogP contribution is 2.09.